The predicted molar refractivity (Wildman–Crippen MR) is 103 cm³/mol. The van der Waals surface area contributed by atoms with Crippen molar-refractivity contribution < 1.29 is 9.47 Å². The van der Waals surface area contributed by atoms with Gasteiger partial charge in [0.1, 0.15) is 23.1 Å². The molecule has 1 atom stereocenters. The van der Waals surface area contributed by atoms with Crippen LogP contribution in [-0.4, -0.2) is 11.2 Å². The Morgan fingerprint density at radius 3 is 2.74 bits per heavy atom. The Hall–Kier alpha value is -3.20. The summed E-state index contributed by atoms with van der Waals surface area (Å²) in [6.07, 6.45) is 1.65. The lowest BCUT2D eigenvalue weighted by molar-refractivity contribution is 0.334. The van der Waals surface area contributed by atoms with Crippen molar-refractivity contribution in [1.82, 2.24) is 4.57 Å². The number of fused-ring (bicyclic) bond motifs is 1. The molecule has 0 bridgehead atoms. The number of pyridine rings is 1. The summed E-state index contributed by atoms with van der Waals surface area (Å²) in [4.78, 5) is 13.2. The minimum absolute atomic E-state index is 0.0250. The lowest BCUT2D eigenvalue weighted by Crippen LogP contribution is -2.32. The van der Waals surface area contributed by atoms with Crippen molar-refractivity contribution in [1.29, 1.82) is 5.26 Å². The third kappa shape index (κ3) is 3.17. The Kier molecular flexibility index (Phi) is 5.22. The lowest BCUT2D eigenvalue weighted by Gasteiger charge is -2.28. The quantitative estimate of drug-likeness (QED) is 0.880. The summed E-state index contributed by atoms with van der Waals surface area (Å²) < 4.78 is 13.1. The molecule has 0 aliphatic carbocycles. The molecule has 2 N–H and O–H groups in total. The topological polar surface area (TPSA) is 90.3 Å². The maximum absolute atomic E-state index is 13.2. The summed E-state index contributed by atoms with van der Waals surface area (Å²) in [5, 5.41) is 9.72. The van der Waals surface area contributed by atoms with Crippen LogP contribution in [0.2, 0.25) is 0 Å². The van der Waals surface area contributed by atoms with Crippen LogP contribution in [0.15, 0.2) is 46.6 Å². The first-order valence-corrected chi connectivity index (χ1v) is 9.05. The first kappa shape index (κ1) is 18.6. The van der Waals surface area contributed by atoms with Gasteiger partial charge in [-0.1, -0.05) is 31.5 Å². The highest BCUT2D eigenvalue weighted by Crippen LogP contribution is 2.43. The second kappa shape index (κ2) is 7.58. The molecule has 3 rings (SSSR count). The molecule has 6 nitrogen and oxygen atoms in total. The van der Waals surface area contributed by atoms with Crippen LogP contribution in [0.5, 0.6) is 11.5 Å². The summed E-state index contributed by atoms with van der Waals surface area (Å²) in [7, 11) is 1.74. The molecule has 0 spiro atoms. The van der Waals surface area contributed by atoms with E-state index in [2.05, 4.69) is 6.07 Å². The molecular weight excluding hydrogens is 342 g/mol. The Morgan fingerprint density at radius 1 is 1.33 bits per heavy atom. The molecule has 0 saturated heterocycles. The van der Waals surface area contributed by atoms with Crippen molar-refractivity contribution in [2.75, 3.05) is 6.61 Å². The number of allylic oxidation sites excluding steroid dienone is 1. The fourth-order valence-electron chi connectivity index (χ4n) is 3.49. The Bertz CT molecular complexity index is 999. The molecule has 1 unspecified atom stereocenters. The van der Waals surface area contributed by atoms with Gasteiger partial charge < -0.3 is 19.8 Å². The van der Waals surface area contributed by atoms with Gasteiger partial charge in [-0.05, 0) is 19.4 Å². The lowest BCUT2D eigenvalue weighted by atomic mass is 9.83. The molecule has 1 aromatic carbocycles. The van der Waals surface area contributed by atoms with Gasteiger partial charge in [-0.3, -0.25) is 4.79 Å². The first-order chi connectivity index (χ1) is 13.0. The number of hydrogen-bond donors (Lipinski definition) is 1. The first-order valence-electron chi connectivity index (χ1n) is 9.05. The molecule has 2 heterocycles. The van der Waals surface area contributed by atoms with Gasteiger partial charge in [-0.15, -0.1) is 0 Å². The summed E-state index contributed by atoms with van der Waals surface area (Å²) >= 11 is 0. The minimum atomic E-state index is -0.629. The minimum Gasteiger partial charge on any atom is -0.494 e. The summed E-state index contributed by atoms with van der Waals surface area (Å²) in [6, 6.07) is 11.4. The van der Waals surface area contributed by atoms with E-state index in [0.717, 1.165) is 24.1 Å². The number of benzene rings is 1. The van der Waals surface area contributed by atoms with E-state index in [-0.39, 0.29) is 17.0 Å². The maximum Gasteiger partial charge on any atom is 0.258 e. The number of ether oxygens (including phenoxy) is 2. The second-order valence-electron chi connectivity index (χ2n) is 6.42. The molecule has 0 fully saturated rings. The maximum atomic E-state index is 13.2. The van der Waals surface area contributed by atoms with Crippen LogP contribution in [0.3, 0.4) is 0 Å². The number of aromatic nitrogens is 1. The second-order valence-corrected chi connectivity index (χ2v) is 6.42. The molecule has 0 saturated carbocycles. The van der Waals surface area contributed by atoms with E-state index in [1.165, 1.54) is 0 Å². The van der Waals surface area contributed by atoms with Gasteiger partial charge in [0.2, 0.25) is 5.88 Å². The normalized spacial score (nSPS) is 15.7. The van der Waals surface area contributed by atoms with Crippen LogP contribution in [-0.2, 0) is 13.5 Å². The van der Waals surface area contributed by atoms with E-state index in [1.807, 2.05) is 44.2 Å². The number of nitrogens with two attached hydrogens (primary N) is 1. The largest absolute Gasteiger partial charge is 0.494 e. The standard InChI is InChI=1S/C21H23N3O3/c1-4-8-13-11-17-19(21(25)24(13)3)18(15(12-22)20(23)27-17)14-9-6-7-10-16(14)26-5-2/h6-7,9-11,18H,4-5,8,23H2,1-3H3. The van der Waals surface area contributed by atoms with Gasteiger partial charge in [0.05, 0.1) is 18.1 Å². The van der Waals surface area contributed by atoms with Crippen molar-refractivity contribution in [2.24, 2.45) is 12.8 Å². The van der Waals surface area contributed by atoms with Crippen LogP contribution < -0.4 is 20.8 Å². The van der Waals surface area contributed by atoms with Crippen LogP contribution in [0, 0.1) is 11.3 Å². The Labute approximate surface area is 158 Å². The molecule has 1 aliphatic heterocycles. The monoisotopic (exact) mass is 365 g/mol. The third-order valence-corrected chi connectivity index (χ3v) is 4.75. The fraction of sp³-hybridized carbons (Fsp3) is 0.333. The van der Waals surface area contributed by atoms with Gasteiger partial charge in [-0.2, -0.15) is 5.26 Å². The van der Waals surface area contributed by atoms with E-state index >= 15 is 0 Å². The highest BCUT2D eigenvalue weighted by atomic mass is 16.5. The van der Waals surface area contributed by atoms with Crippen LogP contribution >= 0.6 is 0 Å². The molecule has 2 aromatic rings. The van der Waals surface area contributed by atoms with E-state index in [9.17, 15) is 10.1 Å². The predicted octanol–water partition coefficient (Wildman–Crippen LogP) is 2.95. The van der Waals surface area contributed by atoms with Crippen LogP contribution in [0.1, 0.15) is 43.0 Å². The molecular formula is C21H23N3O3. The molecule has 0 amide bonds. The van der Waals surface area contributed by atoms with Crippen LogP contribution in [0.25, 0.3) is 0 Å². The van der Waals surface area contributed by atoms with E-state index in [4.69, 9.17) is 15.2 Å². The number of rotatable bonds is 5. The number of aryl methyl sites for hydroxylation is 1. The summed E-state index contributed by atoms with van der Waals surface area (Å²) in [5.74, 6) is 0.431. The number of para-hydroxylation sites is 1. The Morgan fingerprint density at radius 2 is 2.07 bits per heavy atom. The average Bonchev–Trinajstić information content (AvgIpc) is 2.66. The average molecular weight is 365 g/mol. The van der Waals surface area contributed by atoms with Crippen molar-refractivity contribution in [3.8, 4) is 17.6 Å². The zero-order chi connectivity index (χ0) is 19.6. The van der Waals surface area contributed by atoms with Crippen molar-refractivity contribution in [3.63, 3.8) is 0 Å². The molecule has 0 radical (unpaired) electrons. The molecule has 140 valence electrons. The Balaban J connectivity index is 2.31. The van der Waals surface area contributed by atoms with Gasteiger partial charge in [0.25, 0.3) is 5.56 Å². The third-order valence-electron chi connectivity index (χ3n) is 4.75. The summed E-state index contributed by atoms with van der Waals surface area (Å²) in [6.45, 7) is 4.41. The van der Waals surface area contributed by atoms with Crippen molar-refractivity contribution >= 4 is 0 Å². The van der Waals surface area contributed by atoms with Crippen molar-refractivity contribution in [3.05, 3.63) is 69.0 Å². The van der Waals surface area contributed by atoms with E-state index in [0.29, 0.717) is 23.7 Å². The SMILES string of the molecule is CCCc1cc2c(c(=O)n1C)C(c1ccccc1OCC)C(C#N)=C(N)O2. The van der Waals surface area contributed by atoms with Gasteiger partial charge in [0.15, 0.2) is 0 Å². The van der Waals surface area contributed by atoms with Gasteiger partial charge in [-0.25, -0.2) is 0 Å². The highest BCUT2D eigenvalue weighted by molar-refractivity contribution is 5.58. The van der Waals surface area contributed by atoms with E-state index < -0.39 is 5.92 Å². The molecule has 6 heteroatoms. The molecule has 1 aromatic heterocycles. The number of nitriles is 1. The molecule has 1 aliphatic rings. The zero-order valence-electron chi connectivity index (χ0n) is 15.8. The van der Waals surface area contributed by atoms with Gasteiger partial charge >= 0.3 is 0 Å². The van der Waals surface area contributed by atoms with E-state index in [1.54, 1.807) is 11.6 Å². The molecule has 27 heavy (non-hydrogen) atoms. The zero-order valence-corrected chi connectivity index (χ0v) is 15.8. The summed E-state index contributed by atoms with van der Waals surface area (Å²) in [5.41, 5.74) is 8.09. The van der Waals surface area contributed by atoms with Gasteiger partial charge in [0, 0.05) is 24.4 Å². The smallest absolute Gasteiger partial charge is 0.258 e. The number of nitrogens with zero attached hydrogens (tertiary/aromatic N) is 2. The van der Waals surface area contributed by atoms with Crippen LogP contribution in [0.4, 0.5) is 0 Å². The number of hydrogen-bond acceptors (Lipinski definition) is 5. The highest BCUT2D eigenvalue weighted by Gasteiger charge is 2.35. The fourth-order valence-corrected chi connectivity index (χ4v) is 3.49. The van der Waals surface area contributed by atoms with Crippen molar-refractivity contribution in [2.45, 2.75) is 32.6 Å².